The Labute approximate surface area is 123 Å². The van der Waals surface area contributed by atoms with Crippen LogP contribution in [0.3, 0.4) is 0 Å². The molecule has 110 valence electrons. The van der Waals surface area contributed by atoms with E-state index in [-0.39, 0.29) is 0 Å². The summed E-state index contributed by atoms with van der Waals surface area (Å²) in [4.78, 5) is 2.68. The van der Waals surface area contributed by atoms with Gasteiger partial charge in [-0.1, -0.05) is 44.0 Å². The SMILES string of the molecule is CCc1ccc(CN2CC3(CCCC3)NCC2C)cc1. The highest BCUT2D eigenvalue weighted by Crippen LogP contribution is 2.33. The predicted molar refractivity (Wildman–Crippen MR) is 84.9 cm³/mol. The molecule has 1 aromatic carbocycles. The number of hydrogen-bond donors (Lipinski definition) is 1. The third-order valence-electron chi connectivity index (χ3n) is 5.28. The summed E-state index contributed by atoms with van der Waals surface area (Å²) in [6, 6.07) is 9.84. The van der Waals surface area contributed by atoms with Crippen molar-refractivity contribution >= 4 is 0 Å². The Kier molecular flexibility index (Phi) is 4.13. The molecule has 3 rings (SSSR count). The lowest BCUT2D eigenvalue weighted by Crippen LogP contribution is -2.62. The van der Waals surface area contributed by atoms with Crippen LogP contribution in [0.5, 0.6) is 0 Å². The lowest BCUT2D eigenvalue weighted by molar-refractivity contribution is 0.0827. The van der Waals surface area contributed by atoms with Crippen LogP contribution in [0.25, 0.3) is 0 Å². The first-order chi connectivity index (χ1) is 9.71. The zero-order valence-electron chi connectivity index (χ0n) is 13.0. The lowest BCUT2D eigenvalue weighted by atomic mass is 9.92. The summed E-state index contributed by atoms with van der Waals surface area (Å²) >= 11 is 0. The fraction of sp³-hybridized carbons (Fsp3) is 0.667. The van der Waals surface area contributed by atoms with E-state index in [1.807, 2.05) is 0 Å². The Balaban J connectivity index is 1.67. The molecule has 2 nitrogen and oxygen atoms in total. The summed E-state index contributed by atoms with van der Waals surface area (Å²) in [7, 11) is 0. The van der Waals surface area contributed by atoms with Gasteiger partial charge in [-0.15, -0.1) is 0 Å². The van der Waals surface area contributed by atoms with E-state index in [0.717, 1.165) is 19.5 Å². The minimum atomic E-state index is 0.426. The van der Waals surface area contributed by atoms with Gasteiger partial charge in [0.2, 0.25) is 0 Å². The molecule has 1 saturated carbocycles. The van der Waals surface area contributed by atoms with Crippen LogP contribution in [0.15, 0.2) is 24.3 Å². The largest absolute Gasteiger partial charge is 0.308 e. The summed E-state index contributed by atoms with van der Waals surface area (Å²) in [5.41, 5.74) is 3.33. The average molecular weight is 272 g/mol. The van der Waals surface area contributed by atoms with E-state index in [9.17, 15) is 0 Å². The maximum Gasteiger partial charge on any atom is 0.0309 e. The Bertz CT molecular complexity index is 431. The molecule has 1 atom stereocenters. The minimum absolute atomic E-state index is 0.426. The second-order valence-corrected chi connectivity index (χ2v) is 6.79. The van der Waals surface area contributed by atoms with Crippen molar-refractivity contribution in [2.75, 3.05) is 13.1 Å². The van der Waals surface area contributed by atoms with Crippen LogP contribution in [0.1, 0.15) is 50.7 Å². The molecular weight excluding hydrogens is 244 g/mol. The molecule has 1 aliphatic heterocycles. The quantitative estimate of drug-likeness (QED) is 0.907. The molecule has 0 aromatic heterocycles. The zero-order valence-corrected chi connectivity index (χ0v) is 13.0. The average Bonchev–Trinajstić information content (AvgIpc) is 2.92. The molecule has 1 aliphatic carbocycles. The first-order valence-electron chi connectivity index (χ1n) is 8.28. The van der Waals surface area contributed by atoms with Crippen LogP contribution >= 0.6 is 0 Å². The van der Waals surface area contributed by atoms with E-state index in [4.69, 9.17) is 0 Å². The number of nitrogens with one attached hydrogen (secondary N) is 1. The molecule has 0 bridgehead atoms. The fourth-order valence-electron chi connectivity index (χ4n) is 3.81. The van der Waals surface area contributed by atoms with Gasteiger partial charge < -0.3 is 5.32 Å². The molecule has 1 unspecified atom stereocenters. The predicted octanol–water partition coefficient (Wildman–Crippen LogP) is 3.36. The van der Waals surface area contributed by atoms with E-state index >= 15 is 0 Å². The van der Waals surface area contributed by atoms with E-state index in [2.05, 4.69) is 48.3 Å². The second-order valence-electron chi connectivity index (χ2n) is 6.79. The third-order valence-corrected chi connectivity index (χ3v) is 5.28. The maximum atomic E-state index is 3.84. The van der Waals surface area contributed by atoms with Crippen molar-refractivity contribution in [3.63, 3.8) is 0 Å². The van der Waals surface area contributed by atoms with Crippen molar-refractivity contribution in [1.82, 2.24) is 10.2 Å². The van der Waals surface area contributed by atoms with Crippen molar-refractivity contribution in [1.29, 1.82) is 0 Å². The smallest absolute Gasteiger partial charge is 0.0309 e. The highest BCUT2D eigenvalue weighted by Gasteiger charge is 2.39. The molecule has 1 heterocycles. The van der Waals surface area contributed by atoms with E-state index in [1.165, 1.54) is 43.4 Å². The van der Waals surface area contributed by atoms with Crippen LogP contribution in [0, 0.1) is 0 Å². The number of hydrogen-bond acceptors (Lipinski definition) is 2. The number of rotatable bonds is 3. The van der Waals surface area contributed by atoms with Gasteiger partial charge in [0.1, 0.15) is 0 Å². The van der Waals surface area contributed by atoms with Crippen molar-refractivity contribution in [2.24, 2.45) is 0 Å². The molecule has 2 fully saturated rings. The molecular formula is C18H28N2. The molecule has 1 spiro atoms. The van der Waals surface area contributed by atoms with Crippen molar-refractivity contribution < 1.29 is 0 Å². The van der Waals surface area contributed by atoms with Gasteiger partial charge in [-0.25, -0.2) is 0 Å². The minimum Gasteiger partial charge on any atom is -0.308 e. The van der Waals surface area contributed by atoms with Gasteiger partial charge in [0, 0.05) is 31.2 Å². The fourth-order valence-corrected chi connectivity index (χ4v) is 3.81. The molecule has 0 radical (unpaired) electrons. The molecule has 1 N–H and O–H groups in total. The van der Waals surface area contributed by atoms with Crippen molar-refractivity contribution in [2.45, 2.75) is 64.1 Å². The molecule has 0 amide bonds. The number of aryl methyl sites for hydroxylation is 1. The van der Waals surface area contributed by atoms with Crippen LogP contribution in [-0.4, -0.2) is 29.6 Å². The van der Waals surface area contributed by atoms with Crippen molar-refractivity contribution in [3.05, 3.63) is 35.4 Å². The van der Waals surface area contributed by atoms with Gasteiger partial charge in [0.05, 0.1) is 0 Å². The number of nitrogens with zero attached hydrogens (tertiary/aromatic N) is 1. The van der Waals surface area contributed by atoms with E-state index in [0.29, 0.717) is 11.6 Å². The van der Waals surface area contributed by atoms with Gasteiger partial charge >= 0.3 is 0 Å². The third kappa shape index (κ3) is 2.91. The Morgan fingerprint density at radius 1 is 1.15 bits per heavy atom. The van der Waals surface area contributed by atoms with Gasteiger partial charge in [0.15, 0.2) is 0 Å². The van der Waals surface area contributed by atoms with E-state index < -0.39 is 0 Å². The lowest BCUT2D eigenvalue weighted by Gasteiger charge is -2.45. The van der Waals surface area contributed by atoms with Crippen LogP contribution in [0.4, 0.5) is 0 Å². The maximum absolute atomic E-state index is 3.84. The molecule has 1 aromatic rings. The van der Waals surface area contributed by atoms with Crippen LogP contribution < -0.4 is 5.32 Å². The van der Waals surface area contributed by atoms with Gasteiger partial charge in [-0.05, 0) is 37.3 Å². The first kappa shape index (κ1) is 14.1. The van der Waals surface area contributed by atoms with Gasteiger partial charge in [0.25, 0.3) is 0 Å². The molecule has 2 heteroatoms. The van der Waals surface area contributed by atoms with Gasteiger partial charge in [-0.2, -0.15) is 0 Å². The Morgan fingerprint density at radius 2 is 1.80 bits per heavy atom. The zero-order chi connectivity index (χ0) is 14.0. The summed E-state index contributed by atoms with van der Waals surface area (Å²) in [6.07, 6.45) is 6.67. The van der Waals surface area contributed by atoms with Gasteiger partial charge in [-0.3, -0.25) is 4.90 Å². The highest BCUT2D eigenvalue weighted by atomic mass is 15.2. The summed E-state index contributed by atoms with van der Waals surface area (Å²) < 4.78 is 0. The van der Waals surface area contributed by atoms with Crippen molar-refractivity contribution in [3.8, 4) is 0 Å². The Hall–Kier alpha value is -0.860. The number of benzene rings is 1. The van der Waals surface area contributed by atoms with Crippen LogP contribution in [0.2, 0.25) is 0 Å². The molecule has 2 aliphatic rings. The topological polar surface area (TPSA) is 15.3 Å². The van der Waals surface area contributed by atoms with E-state index in [1.54, 1.807) is 0 Å². The van der Waals surface area contributed by atoms with Crippen LogP contribution in [-0.2, 0) is 13.0 Å². The number of piperazine rings is 1. The standard InChI is InChI=1S/C18H28N2/c1-3-16-6-8-17(9-7-16)13-20-14-18(10-4-5-11-18)19-12-15(20)2/h6-9,15,19H,3-5,10-14H2,1-2H3. The summed E-state index contributed by atoms with van der Waals surface area (Å²) in [6.45, 7) is 8.05. The monoisotopic (exact) mass is 272 g/mol. The highest BCUT2D eigenvalue weighted by molar-refractivity contribution is 5.22. The first-order valence-corrected chi connectivity index (χ1v) is 8.28. The molecule has 1 saturated heterocycles. The summed E-state index contributed by atoms with van der Waals surface area (Å²) in [5, 5.41) is 3.84. The molecule has 20 heavy (non-hydrogen) atoms. The summed E-state index contributed by atoms with van der Waals surface area (Å²) in [5.74, 6) is 0. The Morgan fingerprint density at radius 3 is 2.45 bits per heavy atom. The second kappa shape index (κ2) is 5.87. The normalized spacial score (nSPS) is 26.2.